The van der Waals surface area contributed by atoms with Crippen LogP contribution < -0.4 is 24.8 Å². The van der Waals surface area contributed by atoms with Crippen LogP contribution in [0, 0.1) is 0 Å². The van der Waals surface area contributed by atoms with Gasteiger partial charge in [0.15, 0.2) is 0 Å². The molecule has 0 aliphatic heterocycles. The van der Waals surface area contributed by atoms with Crippen molar-refractivity contribution in [3.8, 4) is 0 Å². The van der Waals surface area contributed by atoms with Crippen LogP contribution in [0.5, 0.6) is 0 Å². The standard InChI is InChI=1S/BrH.Ca.2ClH/h1H;;2*1H/q;+2;;/p-2. The molecular weight excluding hydrogens is 191 g/mol. The molecule has 4 heteroatoms. The van der Waals surface area contributed by atoms with Gasteiger partial charge >= 0.3 is 37.7 Å². The number of rotatable bonds is 0. The second kappa shape index (κ2) is 18.4. The predicted octanol–water partition coefficient (Wildman–Crippen LogP) is -5.79. The van der Waals surface area contributed by atoms with Crippen LogP contribution in [0.1, 0.15) is 0 Å². The third kappa shape index (κ3) is 8.85. The molecule has 0 saturated heterocycles. The summed E-state index contributed by atoms with van der Waals surface area (Å²) < 4.78 is 0. The summed E-state index contributed by atoms with van der Waals surface area (Å²) in [6, 6.07) is 0. The molecule has 0 heterocycles. The van der Waals surface area contributed by atoms with E-state index in [1.54, 1.807) is 0 Å². The minimum absolute atomic E-state index is 0. The fourth-order valence-electron chi connectivity index (χ4n) is 0. The molecule has 24 valence electrons. The molecule has 0 bridgehead atoms. The number of hydrogen-bond acceptors (Lipinski definition) is 0. The van der Waals surface area contributed by atoms with E-state index in [9.17, 15) is 0 Å². The fraction of sp³-hybridized carbons (Fsp3) is 0. The van der Waals surface area contributed by atoms with E-state index < -0.39 is 0 Å². The van der Waals surface area contributed by atoms with E-state index in [1.807, 2.05) is 0 Å². The normalized spacial score (nSPS) is 0. The molecule has 0 fully saturated rings. The van der Waals surface area contributed by atoms with E-state index in [1.165, 1.54) is 0 Å². The van der Waals surface area contributed by atoms with Gasteiger partial charge in [-0.1, -0.05) is 0 Å². The first-order chi connectivity index (χ1) is 0. The Morgan fingerprint density at radius 1 is 0.750 bits per heavy atom. The van der Waals surface area contributed by atoms with Gasteiger partial charge in [0.05, 0.1) is 0 Å². The molecule has 0 unspecified atom stereocenters. The quantitative estimate of drug-likeness (QED) is 0.335. The SMILES string of the molecule is Br.[Ca+2].[Cl-].[Cl-]. The van der Waals surface area contributed by atoms with Crippen molar-refractivity contribution in [2.24, 2.45) is 0 Å². The van der Waals surface area contributed by atoms with Crippen molar-refractivity contribution in [1.29, 1.82) is 0 Å². The smallest absolute Gasteiger partial charge is 1.00 e. The Hall–Kier alpha value is 2.32. The van der Waals surface area contributed by atoms with Crippen molar-refractivity contribution in [2.75, 3.05) is 0 Å². The first kappa shape index (κ1) is 33.2. The van der Waals surface area contributed by atoms with Gasteiger partial charge in [0.1, 0.15) is 0 Å². The molecule has 0 saturated carbocycles. The van der Waals surface area contributed by atoms with Crippen LogP contribution >= 0.6 is 17.0 Å². The first-order valence-electron chi connectivity index (χ1n) is 0. The third-order valence-electron chi connectivity index (χ3n) is 0. The molecule has 0 aromatic carbocycles. The summed E-state index contributed by atoms with van der Waals surface area (Å²) in [5, 5.41) is 0. The zero-order valence-corrected chi connectivity index (χ0v) is 7.30. The molecule has 0 aliphatic carbocycles. The van der Waals surface area contributed by atoms with Crippen molar-refractivity contribution in [2.45, 2.75) is 0 Å². The average Bonchev–Trinajstić information content (AvgIpc) is 0. The summed E-state index contributed by atoms with van der Waals surface area (Å²) in [4.78, 5) is 0. The number of halogens is 3. The van der Waals surface area contributed by atoms with E-state index in [0.29, 0.717) is 0 Å². The summed E-state index contributed by atoms with van der Waals surface area (Å²) in [5.74, 6) is 0. The van der Waals surface area contributed by atoms with Crippen LogP contribution in [0.2, 0.25) is 0 Å². The molecular formula is HBrCaCl2. The van der Waals surface area contributed by atoms with Gasteiger partial charge in [-0.15, -0.1) is 17.0 Å². The fourth-order valence-corrected chi connectivity index (χ4v) is 0. The maximum absolute atomic E-state index is 0. The Labute approximate surface area is 78.3 Å². The molecule has 0 nitrogen and oxygen atoms in total. The zero-order chi connectivity index (χ0) is 0. The third-order valence-corrected chi connectivity index (χ3v) is 0. The Morgan fingerprint density at radius 3 is 0.750 bits per heavy atom. The molecule has 0 atom stereocenters. The van der Waals surface area contributed by atoms with E-state index in [-0.39, 0.29) is 79.5 Å². The summed E-state index contributed by atoms with van der Waals surface area (Å²) in [6.07, 6.45) is 0. The van der Waals surface area contributed by atoms with Gasteiger partial charge < -0.3 is 24.8 Å². The maximum Gasteiger partial charge on any atom is 2.00 e. The Bertz CT molecular complexity index is 6.00. The molecule has 0 spiro atoms. The second-order valence-corrected chi connectivity index (χ2v) is 0. The minimum atomic E-state index is 0. The van der Waals surface area contributed by atoms with Crippen molar-refractivity contribution < 1.29 is 24.8 Å². The topological polar surface area (TPSA) is 0 Å². The second-order valence-electron chi connectivity index (χ2n) is 0. The molecule has 0 aromatic rings. The van der Waals surface area contributed by atoms with Gasteiger partial charge in [0.25, 0.3) is 0 Å². The van der Waals surface area contributed by atoms with E-state index in [4.69, 9.17) is 0 Å². The minimum Gasteiger partial charge on any atom is -1.00 e. The van der Waals surface area contributed by atoms with Crippen LogP contribution in [0.25, 0.3) is 0 Å². The van der Waals surface area contributed by atoms with Gasteiger partial charge in [0, 0.05) is 0 Å². The van der Waals surface area contributed by atoms with Gasteiger partial charge in [0.2, 0.25) is 0 Å². The monoisotopic (exact) mass is 190 g/mol. The van der Waals surface area contributed by atoms with Crippen LogP contribution in [-0.4, -0.2) is 37.7 Å². The predicted molar refractivity (Wildman–Crippen MR) is 16.1 cm³/mol. The van der Waals surface area contributed by atoms with Gasteiger partial charge in [-0.05, 0) is 0 Å². The Kier molecular flexibility index (Phi) is 153. The molecule has 0 amide bonds. The Balaban J connectivity index is 0. The molecule has 0 rings (SSSR count). The van der Waals surface area contributed by atoms with E-state index in [0.717, 1.165) is 0 Å². The largest absolute Gasteiger partial charge is 2.00 e. The van der Waals surface area contributed by atoms with Crippen LogP contribution in [0.4, 0.5) is 0 Å². The van der Waals surface area contributed by atoms with Crippen LogP contribution in [0.15, 0.2) is 0 Å². The Morgan fingerprint density at radius 2 is 0.750 bits per heavy atom. The van der Waals surface area contributed by atoms with E-state index >= 15 is 0 Å². The molecule has 0 radical (unpaired) electrons. The zero-order valence-electron chi connectivity index (χ0n) is 1.87. The van der Waals surface area contributed by atoms with Gasteiger partial charge in [-0.3, -0.25) is 0 Å². The average molecular weight is 192 g/mol. The van der Waals surface area contributed by atoms with Crippen molar-refractivity contribution in [3.63, 3.8) is 0 Å². The summed E-state index contributed by atoms with van der Waals surface area (Å²) in [7, 11) is 0. The molecule has 0 aromatic heterocycles. The molecule has 4 heavy (non-hydrogen) atoms. The first-order valence-corrected chi connectivity index (χ1v) is 0. The number of hydrogen-bond donors (Lipinski definition) is 0. The molecule has 0 N–H and O–H groups in total. The van der Waals surface area contributed by atoms with Crippen LogP contribution in [0.3, 0.4) is 0 Å². The maximum atomic E-state index is 0. The van der Waals surface area contributed by atoms with Crippen molar-refractivity contribution in [1.82, 2.24) is 0 Å². The van der Waals surface area contributed by atoms with Gasteiger partial charge in [-0.25, -0.2) is 0 Å². The molecule has 0 aliphatic rings. The van der Waals surface area contributed by atoms with Crippen LogP contribution in [-0.2, 0) is 0 Å². The van der Waals surface area contributed by atoms with Crippen molar-refractivity contribution >= 4 is 54.7 Å². The summed E-state index contributed by atoms with van der Waals surface area (Å²) in [6.45, 7) is 0. The van der Waals surface area contributed by atoms with E-state index in [2.05, 4.69) is 0 Å². The van der Waals surface area contributed by atoms with Gasteiger partial charge in [-0.2, -0.15) is 0 Å². The summed E-state index contributed by atoms with van der Waals surface area (Å²) in [5.41, 5.74) is 0. The van der Waals surface area contributed by atoms with Crippen molar-refractivity contribution in [3.05, 3.63) is 0 Å². The summed E-state index contributed by atoms with van der Waals surface area (Å²) >= 11 is 0.